The van der Waals surface area contributed by atoms with Crippen LogP contribution in [0.15, 0.2) is 12.2 Å². The van der Waals surface area contributed by atoms with Crippen LogP contribution in [0.1, 0.15) is 25.7 Å². The van der Waals surface area contributed by atoms with E-state index >= 15 is 0 Å². The second-order valence-corrected chi connectivity index (χ2v) is 3.19. The molecule has 0 aromatic heterocycles. The summed E-state index contributed by atoms with van der Waals surface area (Å²) in [6.07, 6.45) is 9.24. The van der Waals surface area contributed by atoms with Crippen LogP contribution in [0.5, 0.6) is 0 Å². The molecule has 0 heterocycles. The molecule has 0 nitrogen and oxygen atoms in total. The largest absolute Gasteiger partial charge is 0.127 e. The monoisotopic (exact) mass is 224 g/mol. The number of unbranched alkanes of at least 4 members (excludes halogenated alkanes) is 3. The van der Waals surface area contributed by atoms with Crippen molar-refractivity contribution in [1.29, 1.82) is 0 Å². The molecule has 0 amide bonds. The van der Waals surface area contributed by atoms with E-state index in [0.29, 0.717) is 0 Å². The van der Waals surface area contributed by atoms with E-state index in [4.69, 9.17) is 11.6 Å². The van der Waals surface area contributed by atoms with Crippen molar-refractivity contribution in [2.24, 2.45) is 0 Å². The summed E-state index contributed by atoms with van der Waals surface area (Å²) in [5, 5.41) is 0.975. The first-order valence-corrected chi connectivity index (χ1v) is 5.34. The predicted molar refractivity (Wildman–Crippen MR) is 52.1 cm³/mol. The lowest BCUT2D eigenvalue weighted by Crippen LogP contribution is -1.76. The van der Waals surface area contributed by atoms with E-state index in [2.05, 4.69) is 28.1 Å². The van der Waals surface area contributed by atoms with Crippen molar-refractivity contribution in [3.05, 3.63) is 12.2 Å². The molecule has 10 heavy (non-hydrogen) atoms. The highest BCUT2D eigenvalue weighted by Gasteiger charge is 1.83. The molecule has 0 rings (SSSR count). The van der Waals surface area contributed by atoms with Gasteiger partial charge in [0, 0.05) is 11.2 Å². The molecule has 0 saturated carbocycles. The Hall–Kier alpha value is 0.510. The van der Waals surface area contributed by atoms with Crippen LogP contribution >= 0.6 is 27.5 Å². The minimum Gasteiger partial charge on any atom is -0.127 e. The predicted octanol–water partition coefficient (Wildman–Crippen LogP) is 3.74. The van der Waals surface area contributed by atoms with Crippen molar-refractivity contribution < 1.29 is 0 Å². The average molecular weight is 226 g/mol. The fourth-order valence-corrected chi connectivity index (χ4v) is 1.17. The highest BCUT2D eigenvalue weighted by Crippen LogP contribution is 2.01. The summed E-state index contributed by atoms with van der Waals surface area (Å²) in [5.74, 6) is 0.808. The van der Waals surface area contributed by atoms with E-state index in [9.17, 15) is 0 Å². The Labute approximate surface area is 76.8 Å². The van der Waals surface area contributed by atoms with Gasteiger partial charge in [0.25, 0.3) is 0 Å². The molecule has 0 aromatic carbocycles. The van der Waals surface area contributed by atoms with Gasteiger partial charge in [-0.1, -0.05) is 34.5 Å². The fraction of sp³-hybridized carbons (Fsp3) is 0.750. The first kappa shape index (κ1) is 10.5. The van der Waals surface area contributed by atoms with Crippen LogP contribution in [-0.2, 0) is 0 Å². The molecule has 0 aromatic rings. The molecule has 0 spiro atoms. The Balaban J connectivity index is 2.83. The number of hydrogen-bond donors (Lipinski definition) is 0. The maximum atomic E-state index is 5.52. The molecule has 0 aliphatic carbocycles. The van der Waals surface area contributed by atoms with Crippen molar-refractivity contribution in [3.8, 4) is 0 Å². The molecule has 0 bridgehead atoms. The van der Waals surface area contributed by atoms with E-state index in [1.54, 1.807) is 0 Å². The van der Waals surface area contributed by atoms with Crippen LogP contribution in [-0.4, -0.2) is 11.2 Å². The number of allylic oxidation sites excluding steroid dienone is 2. The lowest BCUT2D eigenvalue weighted by atomic mass is 10.2. The van der Waals surface area contributed by atoms with Crippen LogP contribution in [0.4, 0.5) is 0 Å². The number of halogens is 2. The van der Waals surface area contributed by atoms with Gasteiger partial charge >= 0.3 is 0 Å². The minimum atomic E-state index is 0.808. The highest BCUT2D eigenvalue weighted by atomic mass is 79.9. The van der Waals surface area contributed by atoms with Gasteiger partial charge < -0.3 is 0 Å². The first-order chi connectivity index (χ1) is 4.91. The van der Waals surface area contributed by atoms with Crippen LogP contribution in [0.2, 0.25) is 0 Å². The zero-order valence-corrected chi connectivity index (χ0v) is 8.50. The van der Waals surface area contributed by atoms with E-state index in [1.165, 1.54) is 19.3 Å². The molecule has 0 unspecified atom stereocenters. The van der Waals surface area contributed by atoms with Crippen molar-refractivity contribution >= 4 is 27.5 Å². The number of hydrogen-bond acceptors (Lipinski definition) is 0. The Bertz CT molecular complexity index is 81.3. The molecule has 0 aliphatic heterocycles. The smallest absolute Gasteiger partial charge is 0.0223 e. The number of alkyl halides is 2. The molecule has 0 atom stereocenters. The van der Waals surface area contributed by atoms with Crippen molar-refractivity contribution in [1.82, 2.24) is 0 Å². The molecular formula is C8H14BrCl. The van der Waals surface area contributed by atoms with Gasteiger partial charge in [-0.3, -0.25) is 0 Å². The van der Waals surface area contributed by atoms with Gasteiger partial charge in [0.1, 0.15) is 0 Å². The standard InChI is InChI=1S/C8H14BrCl/c9-7-5-3-1-2-4-6-8-10/h3,5H,1-2,4,6-8H2. The van der Waals surface area contributed by atoms with Gasteiger partial charge in [-0.25, -0.2) is 0 Å². The SMILES string of the molecule is ClCCCCCC=CCBr. The van der Waals surface area contributed by atoms with Gasteiger partial charge in [-0.05, 0) is 19.3 Å². The summed E-state index contributed by atoms with van der Waals surface area (Å²) in [5.41, 5.74) is 0. The summed E-state index contributed by atoms with van der Waals surface area (Å²) in [6, 6.07) is 0. The Morgan fingerprint density at radius 3 is 2.50 bits per heavy atom. The topological polar surface area (TPSA) is 0 Å². The zero-order valence-electron chi connectivity index (χ0n) is 6.15. The molecule has 0 fully saturated rings. The normalized spacial score (nSPS) is 11.0. The third-order valence-corrected chi connectivity index (χ3v) is 1.90. The maximum absolute atomic E-state index is 5.52. The summed E-state index contributed by atoms with van der Waals surface area (Å²) in [7, 11) is 0. The Morgan fingerprint density at radius 2 is 1.90 bits per heavy atom. The zero-order chi connectivity index (χ0) is 7.66. The third kappa shape index (κ3) is 8.51. The third-order valence-electron chi connectivity index (χ3n) is 1.26. The molecule has 0 aliphatic rings. The van der Waals surface area contributed by atoms with Gasteiger partial charge in [-0.15, -0.1) is 11.6 Å². The quantitative estimate of drug-likeness (QED) is 0.367. The lowest BCUT2D eigenvalue weighted by molar-refractivity contribution is 0.732. The fourth-order valence-electron chi connectivity index (χ4n) is 0.714. The summed E-state index contributed by atoms with van der Waals surface area (Å²) >= 11 is 8.84. The summed E-state index contributed by atoms with van der Waals surface area (Å²) < 4.78 is 0. The van der Waals surface area contributed by atoms with Crippen LogP contribution in [0, 0.1) is 0 Å². The van der Waals surface area contributed by atoms with E-state index in [0.717, 1.165) is 17.6 Å². The average Bonchev–Trinajstić information content (AvgIpc) is 1.97. The van der Waals surface area contributed by atoms with Crippen molar-refractivity contribution in [3.63, 3.8) is 0 Å². The van der Waals surface area contributed by atoms with Gasteiger partial charge in [0.05, 0.1) is 0 Å². The van der Waals surface area contributed by atoms with Crippen molar-refractivity contribution in [2.45, 2.75) is 25.7 Å². The van der Waals surface area contributed by atoms with Gasteiger partial charge in [-0.2, -0.15) is 0 Å². The minimum absolute atomic E-state index is 0.808. The van der Waals surface area contributed by atoms with E-state index in [-0.39, 0.29) is 0 Å². The Morgan fingerprint density at radius 1 is 1.10 bits per heavy atom. The van der Waals surface area contributed by atoms with Gasteiger partial charge in [0.15, 0.2) is 0 Å². The van der Waals surface area contributed by atoms with Gasteiger partial charge in [0.2, 0.25) is 0 Å². The number of rotatable bonds is 6. The Kier molecular flexibility index (Phi) is 10.00. The highest BCUT2D eigenvalue weighted by molar-refractivity contribution is 9.09. The molecule has 0 radical (unpaired) electrons. The second-order valence-electron chi connectivity index (χ2n) is 2.16. The summed E-state index contributed by atoms with van der Waals surface area (Å²) in [4.78, 5) is 0. The van der Waals surface area contributed by atoms with E-state index in [1.807, 2.05) is 0 Å². The molecule has 0 saturated heterocycles. The molecule has 60 valence electrons. The van der Waals surface area contributed by atoms with Crippen molar-refractivity contribution in [2.75, 3.05) is 11.2 Å². The van der Waals surface area contributed by atoms with Crippen LogP contribution in [0.3, 0.4) is 0 Å². The van der Waals surface area contributed by atoms with E-state index < -0.39 is 0 Å². The van der Waals surface area contributed by atoms with Crippen LogP contribution < -0.4 is 0 Å². The lowest BCUT2D eigenvalue weighted by Gasteiger charge is -1.92. The maximum Gasteiger partial charge on any atom is 0.0223 e. The van der Waals surface area contributed by atoms with Crippen LogP contribution in [0.25, 0.3) is 0 Å². The molecular weight excluding hydrogens is 211 g/mol. The summed E-state index contributed by atoms with van der Waals surface area (Å²) in [6.45, 7) is 0. The molecule has 2 heteroatoms. The molecule has 0 N–H and O–H groups in total. The second kappa shape index (κ2) is 9.51. The first-order valence-electron chi connectivity index (χ1n) is 3.68.